The number of aromatic nitrogens is 1. The fourth-order valence-electron chi connectivity index (χ4n) is 3.21. The number of piperidine rings is 1. The fraction of sp³-hybridized carbons (Fsp3) is 0.706. The van der Waals surface area contributed by atoms with Gasteiger partial charge in [-0.25, -0.2) is 4.98 Å². The molecule has 1 N–H and O–H groups in total. The third kappa shape index (κ3) is 3.95. The molecule has 3 atom stereocenters. The molecule has 0 amide bonds. The molecule has 20 heavy (non-hydrogen) atoms. The first-order valence-electron chi connectivity index (χ1n) is 8.04. The van der Waals surface area contributed by atoms with Gasteiger partial charge in [-0.3, -0.25) is 0 Å². The standard InChI is InChI=1S/C17H29N3/c1-5-7-18-15(4)16-6-8-19-17(10-16)20-11-13(2)9-14(3)12-20/h6,8,10,13-15,18H,5,7,9,11-12H2,1-4H3. The molecule has 0 saturated carbocycles. The van der Waals surface area contributed by atoms with Crippen LogP contribution in [-0.2, 0) is 0 Å². The molecule has 1 aliphatic rings. The molecular formula is C17H29N3. The number of hydrogen-bond donors (Lipinski definition) is 1. The Bertz CT molecular complexity index is 408. The van der Waals surface area contributed by atoms with Crippen LogP contribution in [0.15, 0.2) is 18.3 Å². The zero-order chi connectivity index (χ0) is 14.5. The average Bonchev–Trinajstić information content (AvgIpc) is 2.44. The third-order valence-electron chi connectivity index (χ3n) is 4.16. The van der Waals surface area contributed by atoms with Gasteiger partial charge in [-0.05, 0) is 55.8 Å². The molecular weight excluding hydrogens is 246 g/mol. The summed E-state index contributed by atoms with van der Waals surface area (Å²) in [6, 6.07) is 4.79. The highest BCUT2D eigenvalue weighted by Gasteiger charge is 2.23. The zero-order valence-electron chi connectivity index (χ0n) is 13.4. The summed E-state index contributed by atoms with van der Waals surface area (Å²) in [5, 5.41) is 3.55. The van der Waals surface area contributed by atoms with Crippen molar-refractivity contribution in [1.29, 1.82) is 0 Å². The molecule has 0 spiro atoms. The molecule has 1 aromatic heterocycles. The lowest BCUT2D eigenvalue weighted by Gasteiger charge is -2.36. The van der Waals surface area contributed by atoms with Crippen LogP contribution in [0.1, 0.15) is 52.1 Å². The molecule has 2 heterocycles. The first-order chi connectivity index (χ1) is 9.60. The molecule has 0 aromatic carbocycles. The summed E-state index contributed by atoms with van der Waals surface area (Å²) in [6.07, 6.45) is 4.47. The van der Waals surface area contributed by atoms with Crippen LogP contribution in [0.4, 0.5) is 5.82 Å². The summed E-state index contributed by atoms with van der Waals surface area (Å²) in [5.41, 5.74) is 1.34. The predicted molar refractivity (Wildman–Crippen MR) is 86.1 cm³/mol. The Kier molecular flexibility index (Phi) is 5.41. The highest BCUT2D eigenvalue weighted by molar-refractivity contribution is 5.42. The van der Waals surface area contributed by atoms with Crippen LogP contribution in [0.2, 0.25) is 0 Å². The number of hydrogen-bond acceptors (Lipinski definition) is 3. The van der Waals surface area contributed by atoms with Crippen molar-refractivity contribution >= 4 is 5.82 Å². The fourth-order valence-corrected chi connectivity index (χ4v) is 3.21. The van der Waals surface area contributed by atoms with E-state index >= 15 is 0 Å². The summed E-state index contributed by atoms with van der Waals surface area (Å²) in [4.78, 5) is 7.05. The maximum Gasteiger partial charge on any atom is 0.128 e. The highest BCUT2D eigenvalue weighted by atomic mass is 15.2. The van der Waals surface area contributed by atoms with Crippen LogP contribution < -0.4 is 10.2 Å². The third-order valence-corrected chi connectivity index (χ3v) is 4.16. The molecule has 3 heteroatoms. The minimum atomic E-state index is 0.399. The van der Waals surface area contributed by atoms with Gasteiger partial charge in [-0.1, -0.05) is 20.8 Å². The van der Waals surface area contributed by atoms with Gasteiger partial charge in [-0.15, -0.1) is 0 Å². The van der Waals surface area contributed by atoms with Gasteiger partial charge in [0.25, 0.3) is 0 Å². The van der Waals surface area contributed by atoms with Crippen LogP contribution in [0, 0.1) is 11.8 Å². The van der Waals surface area contributed by atoms with Gasteiger partial charge in [0, 0.05) is 25.3 Å². The SMILES string of the molecule is CCCNC(C)c1ccnc(N2CC(C)CC(C)C2)c1. The lowest BCUT2D eigenvalue weighted by Crippen LogP contribution is -2.39. The molecule has 1 aromatic rings. The summed E-state index contributed by atoms with van der Waals surface area (Å²) in [7, 11) is 0. The van der Waals surface area contributed by atoms with E-state index in [0.29, 0.717) is 6.04 Å². The second kappa shape index (κ2) is 7.07. The van der Waals surface area contributed by atoms with Crippen molar-refractivity contribution in [2.24, 2.45) is 11.8 Å². The van der Waals surface area contributed by atoms with E-state index in [9.17, 15) is 0 Å². The van der Waals surface area contributed by atoms with Crippen molar-refractivity contribution in [3.05, 3.63) is 23.9 Å². The second-order valence-corrected chi connectivity index (χ2v) is 6.47. The Morgan fingerprint density at radius 3 is 2.70 bits per heavy atom. The quantitative estimate of drug-likeness (QED) is 0.889. The molecule has 0 bridgehead atoms. The Morgan fingerprint density at radius 2 is 2.05 bits per heavy atom. The minimum Gasteiger partial charge on any atom is -0.356 e. The van der Waals surface area contributed by atoms with Crippen LogP contribution in [0.5, 0.6) is 0 Å². The monoisotopic (exact) mass is 275 g/mol. The van der Waals surface area contributed by atoms with Gasteiger partial charge in [0.2, 0.25) is 0 Å². The molecule has 0 aliphatic carbocycles. The van der Waals surface area contributed by atoms with Gasteiger partial charge >= 0.3 is 0 Å². The minimum absolute atomic E-state index is 0.399. The Morgan fingerprint density at radius 1 is 1.35 bits per heavy atom. The predicted octanol–water partition coefficient (Wildman–Crippen LogP) is 3.62. The average molecular weight is 275 g/mol. The topological polar surface area (TPSA) is 28.2 Å². The first-order valence-corrected chi connectivity index (χ1v) is 8.04. The highest BCUT2D eigenvalue weighted by Crippen LogP contribution is 2.26. The molecule has 2 rings (SSSR count). The summed E-state index contributed by atoms with van der Waals surface area (Å²) in [6.45, 7) is 12.5. The maximum absolute atomic E-state index is 4.59. The zero-order valence-corrected chi connectivity index (χ0v) is 13.4. The van der Waals surface area contributed by atoms with E-state index in [1.54, 1.807) is 0 Å². The number of pyridine rings is 1. The van der Waals surface area contributed by atoms with Crippen molar-refractivity contribution in [2.75, 3.05) is 24.5 Å². The molecule has 3 nitrogen and oxygen atoms in total. The number of nitrogens with zero attached hydrogens (tertiary/aromatic N) is 2. The van der Waals surface area contributed by atoms with Gasteiger partial charge < -0.3 is 10.2 Å². The van der Waals surface area contributed by atoms with E-state index in [-0.39, 0.29) is 0 Å². The lowest BCUT2D eigenvalue weighted by atomic mass is 9.92. The van der Waals surface area contributed by atoms with Crippen molar-refractivity contribution < 1.29 is 0 Å². The van der Waals surface area contributed by atoms with Crippen molar-refractivity contribution in [1.82, 2.24) is 10.3 Å². The number of nitrogens with one attached hydrogen (secondary N) is 1. The van der Waals surface area contributed by atoms with Crippen molar-refractivity contribution in [3.8, 4) is 0 Å². The van der Waals surface area contributed by atoms with E-state index in [2.05, 4.69) is 55.0 Å². The van der Waals surface area contributed by atoms with Gasteiger partial charge in [-0.2, -0.15) is 0 Å². The number of anilines is 1. The van der Waals surface area contributed by atoms with Crippen molar-refractivity contribution in [3.63, 3.8) is 0 Å². The smallest absolute Gasteiger partial charge is 0.128 e. The second-order valence-electron chi connectivity index (χ2n) is 6.47. The summed E-state index contributed by atoms with van der Waals surface area (Å²) >= 11 is 0. The summed E-state index contributed by atoms with van der Waals surface area (Å²) in [5.74, 6) is 2.67. The Labute approximate surface area is 123 Å². The van der Waals surface area contributed by atoms with E-state index in [4.69, 9.17) is 0 Å². The Hall–Kier alpha value is -1.09. The maximum atomic E-state index is 4.59. The van der Waals surface area contributed by atoms with Crippen LogP contribution in [-0.4, -0.2) is 24.6 Å². The normalized spacial score (nSPS) is 24.7. The van der Waals surface area contributed by atoms with Crippen LogP contribution in [0.25, 0.3) is 0 Å². The molecule has 112 valence electrons. The largest absolute Gasteiger partial charge is 0.356 e. The van der Waals surface area contributed by atoms with E-state index < -0.39 is 0 Å². The van der Waals surface area contributed by atoms with Crippen molar-refractivity contribution in [2.45, 2.75) is 46.6 Å². The Balaban J connectivity index is 2.08. The van der Waals surface area contributed by atoms with E-state index in [0.717, 1.165) is 37.3 Å². The number of rotatable bonds is 5. The van der Waals surface area contributed by atoms with Gasteiger partial charge in [0.15, 0.2) is 0 Å². The van der Waals surface area contributed by atoms with Gasteiger partial charge in [0.05, 0.1) is 0 Å². The molecule has 3 unspecified atom stereocenters. The van der Waals surface area contributed by atoms with Crippen LogP contribution in [0.3, 0.4) is 0 Å². The summed E-state index contributed by atoms with van der Waals surface area (Å²) < 4.78 is 0. The first kappa shape index (κ1) is 15.3. The molecule has 0 radical (unpaired) electrons. The molecule has 1 fully saturated rings. The lowest BCUT2D eigenvalue weighted by molar-refractivity contribution is 0.355. The molecule has 1 saturated heterocycles. The van der Waals surface area contributed by atoms with Crippen LogP contribution >= 0.6 is 0 Å². The molecule has 1 aliphatic heterocycles. The van der Waals surface area contributed by atoms with E-state index in [1.807, 2.05) is 6.20 Å². The van der Waals surface area contributed by atoms with E-state index in [1.165, 1.54) is 18.4 Å². The van der Waals surface area contributed by atoms with Gasteiger partial charge in [0.1, 0.15) is 5.82 Å².